The van der Waals surface area contributed by atoms with Gasteiger partial charge >= 0.3 is 15.2 Å². The Morgan fingerprint density at radius 2 is 1.68 bits per heavy atom. The van der Waals surface area contributed by atoms with Crippen LogP contribution >= 0.6 is 15.2 Å². The van der Waals surface area contributed by atoms with Gasteiger partial charge in [-0.15, -0.1) is 0 Å². The Hall–Kier alpha value is -0.880. The molecule has 0 bridgehead atoms. The fourth-order valence-corrected chi connectivity index (χ4v) is 3.90. The lowest BCUT2D eigenvalue weighted by Crippen LogP contribution is -2.13. The lowest BCUT2D eigenvalue weighted by atomic mass is 10.1. The zero-order valence-corrected chi connectivity index (χ0v) is 11.2. The quantitative estimate of drug-likeness (QED) is 0.468. The second-order valence-corrected chi connectivity index (χ2v) is 7.85. The Labute approximate surface area is 107 Å². The first-order valence-electron chi connectivity index (χ1n) is 4.89. The Bertz CT molecular complexity index is 554. The molecule has 1 aromatic rings. The molecule has 19 heavy (non-hydrogen) atoms. The summed E-state index contributed by atoms with van der Waals surface area (Å²) in [4.78, 5) is 46.0. The molecule has 0 aliphatic heterocycles. The van der Waals surface area contributed by atoms with Crippen molar-refractivity contribution in [2.75, 3.05) is 0 Å². The molecule has 0 amide bonds. The van der Waals surface area contributed by atoms with E-state index in [1.807, 2.05) is 0 Å². The third-order valence-electron chi connectivity index (χ3n) is 2.39. The van der Waals surface area contributed by atoms with Gasteiger partial charge in [-0.2, -0.15) is 0 Å². The van der Waals surface area contributed by atoms with Gasteiger partial charge in [0.2, 0.25) is 0 Å². The summed E-state index contributed by atoms with van der Waals surface area (Å²) in [7, 11) is -10.1. The molecule has 0 spiro atoms. The zero-order chi connectivity index (χ0) is 14.8. The van der Waals surface area contributed by atoms with Crippen LogP contribution in [-0.2, 0) is 15.6 Å². The van der Waals surface area contributed by atoms with Crippen molar-refractivity contribution in [3.05, 3.63) is 35.1 Å². The molecule has 0 aliphatic carbocycles. The standard InChI is InChI=1S/C9H11FO7P2/c10-8-3-6(1-2-7(8)5-11)4-9(18(12,13)14)19(15,16)17/h1-3,5,9H,4H2,(H2,12,13,14)(H2,15,16,17). The van der Waals surface area contributed by atoms with Gasteiger partial charge in [-0.3, -0.25) is 13.9 Å². The molecule has 106 valence electrons. The number of carbonyl (C=O) groups is 1. The molecule has 0 aliphatic rings. The van der Waals surface area contributed by atoms with Crippen LogP contribution in [0.3, 0.4) is 0 Å². The molecule has 0 radical (unpaired) electrons. The van der Waals surface area contributed by atoms with Crippen molar-refractivity contribution >= 4 is 21.5 Å². The third kappa shape index (κ3) is 4.31. The fraction of sp³-hybridized carbons (Fsp3) is 0.222. The summed E-state index contributed by atoms with van der Waals surface area (Å²) in [5, 5.41) is -2.23. The molecule has 1 aromatic carbocycles. The molecule has 0 fully saturated rings. The minimum atomic E-state index is -5.05. The van der Waals surface area contributed by atoms with Crippen molar-refractivity contribution < 1.29 is 37.9 Å². The maximum atomic E-state index is 13.3. The summed E-state index contributed by atoms with van der Waals surface area (Å²) in [6, 6.07) is 3.04. The largest absolute Gasteiger partial charge is 0.341 e. The van der Waals surface area contributed by atoms with E-state index in [1.165, 1.54) is 6.07 Å². The molecule has 7 nitrogen and oxygen atoms in total. The van der Waals surface area contributed by atoms with Crippen LogP contribution in [0.15, 0.2) is 18.2 Å². The molecule has 10 heteroatoms. The van der Waals surface area contributed by atoms with Crippen LogP contribution in [0.25, 0.3) is 0 Å². The van der Waals surface area contributed by atoms with Crippen LogP contribution in [-0.4, -0.2) is 31.3 Å². The predicted octanol–water partition coefficient (Wildman–Crippen LogP) is 0.862. The van der Waals surface area contributed by atoms with Crippen LogP contribution in [0, 0.1) is 5.82 Å². The Balaban J connectivity index is 3.11. The molecule has 0 unspecified atom stereocenters. The number of hydrogen-bond donors (Lipinski definition) is 4. The molecule has 0 atom stereocenters. The Kier molecular flexibility index (Phi) is 4.79. The molecule has 0 heterocycles. The second-order valence-electron chi connectivity index (χ2n) is 3.84. The van der Waals surface area contributed by atoms with Gasteiger partial charge < -0.3 is 19.6 Å². The number of hydrogen-bond acceptors (Lipinski definition) is 3. The molecule has 0 saturated heterocycles. The van der Waals surface area contributed by atoms with E-state index < -0.39 is 32.8 Å². The minimum Gasteiger partial charge on any atom is -0.324 e. The second kappa shape index (κ2) is 5.63. The van der Waals surface area contributed by atoms with Gasteiger partial charge in [0.25, 0.3) is 0 Å². The van der Waals surface area contributed by atoms with Gasteiger partial charge in [-0.1, -0.05) is 6.07 Å². The van der Waals surface area contributed by atoms with Gasteiger partial charge in [0.15, 0.2) is 11.7 Å². The first kappa shape index (κ1) is 16.2. The lowest BCUT2D eigenvalue weighted by Gasteiger charge is -2.19. The van der Waals surface area contributed by atoms with Crippen LogP contribution in [0.5, 0.6) is 0 Å². The van der Waals surface area contributed by atoms with E-state index in [2.05, 4.69) is 0 Å². The van der Waals surface area contributed by atoms with E-state index in [4.69, 9.17) is 19.6 Å². The van der Waals surface area contributed by atoms with Gasteiger partial charge in [-0.05, 0) is 24.1 Å². The lowest BCUT2D eigenvalue weighted by molar-refractivity contribution is 0.111. The van der Waals surface area contributed by atoms with Crippen LogP contribution in [0.4, 0.5) is 4.39 Å². The van der Waals surface area contributed by atoms with E-state index in [9.17, 15) is 18.3 Å². The summed E-state index contributed by atoms with van der Waals surface area (Å²) >= 11 is 0. The van der Waals surface area contributed by atoms with Gasteiger partial charge in [-0.25, -0.2) is 4.39 Å². The van der Waals surface area contributed by atoms with Crippen molar-refractivity contribution in [1.82, 2.24) is 0 Å². The molecule has 1 rings (SSSR count). The summed E-state index contributed by atoms with van der Waals surface area (Å²) in [5.74, 6) is -0.928. The van der Waals surface area contributed by atoms with Crippen LogP contribution < -0.4 is 0 Å². The minimum absolute atomic E-state index is 0.0280. The molecule has 0 saturated carbocycles. The number of benzene rings is 1. The normalized spacial score (nSPS) is 12.7. The van der Waals surface area contributed by atoms with E-state index in [0.717, 1.165) is 12.1 Å². The third-order valence-corrected chi connectivity index (χ3v) is 6.11. The van der Waals surface area contributed by atoms with E-state index in [1.54, 1.807) is 0 Å². The first-order valence-corrected chi connectivity index (χ1v) is 8.26. The first-order chi connectivity index (χ1) is 8.55. The highest BCUT2D eigenvalue weighted by molar-refractivity contribution is 7.70. The summed E-state index contributed by atoms with van der Waals surface area (Å²) in [6.45, 7) is 0. The van der Waals surface area contributed by atoms with Crippen molar-refractivity contribution in [3.8, 4) is 0 Å². The molecular formula is C9H11FO7P2. The van der Waals surface area contributed by atoms with Gasteiger partial charge in [0, 0.05) is 0 Å². The fourth-order valence-electron chi connectivity index (χ4n) is 1.44. The number of halogens is 1. The summed E-state index contributed by atoms with van der Waals surface area (Å²) in [6.07, 6.45) is -0.451. The summed E-state index contributed by atoms with van der Waals surface area (Å²) in [5.41, 5.74) is -0.285. The summed E-state index contributed by atoms with van der Waals surface area (Å²) < 4.78 is 35.4. The number of aldehydes is 1. The average Bonchev–Trinajstić information content (AvgIpc) is 2.23. The van der Waals surface area contributed by atoms with Crippen molar-refractivity contribution in [1.29, 1.82) is 0 Å². The van der Waals surface area contributed by atoms with E-state index in [-0.39, 0.29) is 17.4 Å². The molecule has 0 aromatic heterocycles. The van der Waals surface area contributed by atoms with Crippen molar-refractivity contribution in [2.24, 2.45) is 0 Å². The number of rotatable bonds is 5. The van der Waals surface area contributed by atoms with Gasteiger partial charge in [0.05, 0.1) is 5.56 Å². The maximum Gasteiger partial charge on any atom is 0.341 e. The van der Waals surface area contributed by atoms with E-state index in [0.29, 0.717) is 0 Å². The monoisotopic (exact) mass is 312 g/mol. The Morgan fingerprint density at radius 3 is 2.05 bits per heavy atom. The van der Waals surface area contributed by atoms with Crippen LogP contribution in [0.2, 0.25) is 0 Å². The highest BCUT2D eigenvalue weighted by atomic mass is 31.2. The van der Waals surface area contributed by atoms with Crippen molar-refractivity contribution in [2.45, 2.75) is 11.8 Å². The molecule has 4 N–H and O–H groups in total. The van der Waals surface area contributed by atoms with Gasteiger partial charge in [0.1, 0.15) is 5.82 Å². The Morgan fingerprint density at radius 1 is 1.16 bits per heavy atom. The zero-order valence-electron chi connectivity index (χ0n) is 9.38. The van der Waals surface area contributed by atoms with Crippen molar-refractivity contribution in [3.63, 3.8) is 0 Å². The highest BCUT2D eigenvalue weighted by Crippen LogP contribution is 2.60. The average molecular weight is 312 g/mol. The maximum absolute atomic E-state index is 13.3. The SMILES string of the molecule is O=Cc1ccc(CC(P(=O)(O)O)P(=O)(O)O)cc1F. The topological polar surface area (TPSA) is 132 Å². The smallest absolute Gasteiger partial charge is 0.324 e. The predicted molar refractivity (Wildman–Crippen MR) is 63.4 cm³/mol. The number of carbonyl (C=O) groups excluding carboxylic acids is 1. The highest BCUT2D eigenvalue weighted by Gasteiger charge is 2.43. The van der Waals surface area contributed by atoms with Crippen LogP contribution in [0.1, 0.15) is 15.9 Å². The van der Waals surface area contributed by atoms with E-state index >= 15 is 0 Å². The molecular weight excluding hydrogens is 301 g/mol.